The summed E-state index contributed by atoms with van der Waals surface area (Å²) in [5.41, 5.74) is 16.9. The summed E-state index contributed by atoms with van der Waals surface area (Å²) in [7, 11) is -4.05. The lowest BCUT2D eigenvalue weighted by atomic mass is 9.89. The van der Waals surface area contributed by atoms with Gasteiger partial charge in [0.2, 0.25) is 28.0 Å². The van der Waals surface area contributed by atoms with Crippen molar-refractivity contribution in [3.63, 3.8) is 0 Å². The fourth-order valence-electron chi connectivity index (χ4n) is 7.50. The van der Waals surface area contributed by atoms with Gasteiger partial charge in [-0.2, -0.15) is 12.6 Å². The Kier molecular flexibility index (Phi) is 33.0. The van der Waals surface area contributed by atoms with Gasteiger partial charge in [0, 0.05) is 68.6 Å². The van der Waals surface area contributed by atoms with E-state index in [9.17, 15) is 76.5 Å². The number of aliphatic carboxylic acids is 3. The van der Waals surface area contributed by atoms with Crippen LogP contribution in [0.4, 0.5) is 0 Å². The van der Waals surface area contributed by atoms with E-state index in [0.717, 1.165) is 0 Å². The molecule has 15 N–H and O–H groups in total. The van der Waals surface area contributed by atoms with Gasteiger partial charge < -0.3 is 53.8 Å². The summed E-state index contributed by atoms with van der Waals surface area (Å²) in [4.78, 5) is 142. The number of aromatic nitrogens is 2. The van der Waals surface area contributed by atoms with Gasteiger partial charge in [0.1, 0.15) is 22.6 Å². The highest BCUT2D eigenvalue weighted by molar-refractivity contribution is 7.91. The minimum atomic E-state index is -4.05. The molecule has 0 aliphatic rings. The van der Waals surface area contributed by atoms with Gasteiger partial charge in [-0.1, -0.05) is 37.0 Å². The first-order valence-electron chi connectivity index (χ1n) is 24.4. The molecular weight excluding hydrogens is 1030 g/mol. The summed E-state index contributed by atoms with van der Waals surface area (Å²) in [6.07, 6.45) is 0.305. The number of nitrogens with one attached hydrogen (secondary N) is 4. The molecule has 0 bridgehead atoms. The van der Waals surface area contributed by atoms with Gasteiger partial charge in [-0.3, -0.25) is 47.9 Å². The zero-order valence-corrected chi connectivity index (χ0v) is 44.0. The van der Waals surface area contributed by atoms with Crippen LogP contribution in [0.3, 0.4) is 0 Å². The zero-order chi connectivity index (χ0) is 55.8. The van der Waals surface area contributed by atoms with E-state index in [0.29, 0.717) is 62.7 Å². The van der Waals surface area contributed by atoms with Crippen LogP contribution in [0.1, 0.15) is 133 Å². The molecule has 0 saturated carbocycles. The summed E-state index contributed by atoms with van der Waals surface area (Å²) in [6.45, 7) is 0.984. The molecule has 0 fully saturated rings. The summed E-state index contributed by atoms with van der Waals surface area (Å²) in [5, 5.41) is 51.0. The van der Waals surface area contributed by atoms with Crippen LogP contribution in [0.15, 0.2) is 4.34 Å². The number of carbonyl (C=O) groups excluding carboxylic acids is 8. The number of rotatable bonds is 44. The largest absolute Gasteiger partial charge is 0.481 e. The van der Waals surface area contributed by atoms with Gasteiger partial charge in [-0.05, 0) is 71.0 Å². The number of ketones is 4. The van der Waals surface area contributed by atoms with Crippen molar-refractivity contribution in [3.05, 3.63) is 5.01 Å². The number of hydrogen-bond acceptors (Lipinski definition) is 20. The SMILES string of the molecule is NCCCC[C@H](CC(=O)[C@H](CC(=O)O)NC(=O)[C@H](CCCCN)CC(=O)[C@H](CC(=O)O)NC(=O)[C@H](CCCCN)CC(=O)CCCCCNC(=O)CCC(=O)Cc1nnc(S(N)(=O)=O)s1)C(=O)N[C@@H](CS)C(=O)O. The lowest BCUT2D eigenvalue weighted by molar-refractivity contribution is -0.143. The van der Waals surface area contributed by atoms with Crippen molar-refractivity contribution in [2.75, 3.05) is 31.9 Å². The number of thiol groups is 1. The van der Waals surface area contributed by atoms with E-state index in [-0.39, 0.29) is 106 Å². The number of sulfonamides is 1. The van der Waals surface area contributed by atoms with Crippen LogP contribution >= 0.6 is 24.0 Å². The van der Waals surface area contributed by atoms with Gasteiger partial charge in [0.15, 0.2) is 11.6 Å². The molecular formula is C45H74N10O16S3. The van der Waals surface area contributed by atoms with Crippen LogP contribution in [-0.2, 0) is 69.2 Å². The van der Waals surface area contributed by atoms with E-state index >= 15 is 0 Å². The Hall–Kier alpha value is -5.33. The third-order valence-electron chi connectivity index (χ3n) is 11.6. The zero-order valence-electron chi connectivity index (χ0n) is 41.5. The Morgan fingerprint density at radius 2 is 1.01 bits per heavy atom. The second-order valence-corrected chi connectivity index (χ2v) is 21.0. The monoisotopic (exact) mass is 1110 g/mol. The van der Waals surface area contributed by atoms with Crippen molar-refractivity contribution < 1.29 is 76.5 Å². The first-order valence-corrected chi connectivity index (χ1v) is 27.4. The molecule has 0 radical (unpaired) electrons. The van der Waals surface area contributed by atoms with Crippen LogP contribution < -0.4 is 43.6 Å². The molecule has 1 aromatic rings. The quantitative estimate of drug-likeness (QED) is 0.0283. The molecule has 1 aromatic heterocycles. The Bertz CT molecular complexity index is 2160. The number of carboxylic acids is 3. The van der Waals surface area contributed by atoms with E-state index in [1.165, 1.54) is 0 Å². The number of primary sulfonamides is 1. The molecule has 26 nitrogen and oxygen atoms in total. The molecule has 0 saturated heterocycles. The number of amides is 4. The van der Waals surface area contributed by atoms with E-state index in [1.54, 1.807) is 0 Å². The number of unbranched alkanes of at least 4 members (excludes halogenated alkanes) is 5. The lowest BCUT2D eigenvalue weighted by Crippen LogP contribution is -2.49. The smallest absolute Gasteiger partial charge is 0.327 e. The first-order chi connectivity index (χ1) is 34.9. The second-order valence-electron chi connectivity index (χ2n) is 17.8. The van der Waals surface area contributed by atoms with Crippen molar-refractivity contribution in [3.8, 4) is 0 Å². The average molecular weight is 1110 g/mol. The molecule has 0 unspecified atom stereocenters. The van der Waals surface area contributed by atoms with E-state index in [1.807, 2.05) is 0 Å². The number of carbonyl (C=O) groups is 11. The third kappa shape index (κ3) is 28.4. The van der Waals surface area contributed by atoms with Crippen LogP contribution in [0, 0.1) is 17.8 Å². The number of nitrogens with zero attached hydrogens (tertiary/aromatic N) is 2. The molecule has 0 spiro atoms. The lowest BCUT2D eigenvalue weighted by Gasteiger charge is -2.25. The van der Waals surface area contributed by atoms with Crippen molar-refractivity contribution >= 4 is 98.7 Å². The Morgan fingerprint density at radius 3 is 1.42 bits per heavy atom. The van der Waals surface area contributed by atoms with Crippen molar-refractivity contribution in [2.24, 2.45) is 40.1 Å². The van der Waals surface area contributed by atoms with Crippen molar-refractivity contribution in [1.82, 2.24) is 31.5 Å². The summed E-state index contributed by atoms with van der Waals surface area (Å²) < 4.78 is 22.3. The summed E-state index contributed by atoms with van der Waals surface area (Å²) >= 11 is 4.61. The van der Waals surface area contributed by atoms with Gasteiger partial charge in [-0.15, -0.1) is 10.2 Å². The molecule has 6 atom stereocenters. The molecule has 1 rings (SSSR count). The number of carboxylic acid groups (broad SMARTS) is 3. The maximum atomic E-state index is 13.9. The van der Waals surface area contributed by atoms with Gasteiger partial charge >= 0.3 is 17.9 Å². The normalized spacial score (nSPS) is 13.8. The molecule has 0 aliphatic heterocycles. The van der Waals surface area contributed by atoms with Crippen LogP contribution in [0.5, 0.6) is 0 Å². The molecule has 418 valence electrons. The summed E-state index contributed by atoms with van der Waals surface area (Å²) in [6, 6.07) is -4.76. The van der Waals surface area contributed by atoms with E-state index < -0.39 is 129 Å². The Morgan fingerprint density at radius 1 is 0.554 bits per heavy atom. The fraction of sp³-hybridized carbons (Fsp3) is 0.711. The van der Waals surface area contributed by atoms with E-state index in [4.69, 9.17) is 22.3 Å². The predicted octanol–water partition coefficient (Wildman–Crippen LogP) is -0.715. The highest BCUT2D eigenvalue weighted by Gasteiger charge is 2.35. The summed E-state index contributed by atoms with van der Waals surface area (Å²) in [5.74, 6) is -13.3. The Labute approximate surface area is 439 Å². The highest BCUT2D eigenvalue weighted by Crippen LogP contribution is 2.22. The van der Waals surface area contributed by atoms with E-state index in [2.05, 4.69) is 44.1 Å². The molecule has 0 aromatic carbocycles. The van der Waals surface area contributed by atoms with Crippen LogP contribution in [0.2, 0.25) is 0 Å². The average Bonchev–Trinajstić information content (AvgIpc) is 3.81. The maximum Gasteiger partial charge on any atom is 0.327 e. The third-order valence-corrected chi connectivity index (χ3v) is 14.2. The molecule has 29 heteroatoms. The minimum absolute atomic E-state index is 0.0213. The van der Waals surface area contributed by atoms with Crippen LogP contribution in [0.25, 0.3) is 0 Å². The minimum Gasteiger partial charge on any atom is -0.481 e. The first kappa shape index (κ1) is 66.7. The maximum absolute atomic E-state index is 13.9. The fourth-order valence-corrected chi connectivity index (χ4v) is 9.25. The second kappa shape index (κ2) is 36.6. The van der Waals surface area contributed by atoms with Gasteiger partial charge in [-0.25, -0.2) is 18.4 Å². The molecule has 0 aliphatic carbocycles. The molecule has 74 heavy (non-hydrogen) atoms. The number of nitrogens with two attached hydrogens (primary N) is 4. The predicted molar refractivity (Wildman–Crippen MR) is 271 cm³/mol. The molecule has 4 amide bonds. The van der Waals surface area contributed by atoms with Crippen LogP contribution in [-0.4, -0.2) is 149 Å². The topological polar surface area (TPSA) is 461 Å². The van der Waals surface area contributed by atoms with Gasteiger partial charge in [0.25, 0.3) is 10.0 Å². The van der Waals surface area contributed by atoms with Crippen molar-refractivity contribution in [2.45, 2.75) is 157 Å². The van der Waals surface area contributed by atoms with Crippen molar-refractivity contribution in [1.29, 1.82) is 0 Å². The highest BCUT2D eigenvalue weighted by atomic mass is 32.2. The Balaban J connectivity index is 3.03. The molecule has 1 heterocycles. The standard InChI is InChI=1S/C45H74N10O16S3/c46-16-6-3-10-27(20-30(56)13-2-1-9-19-50-37(60)15-14-31(57)23-38-54-55-45(73-38)74(49,70)71)41(65)51-32(24-39(61)62)35(58)21-28(11-4-7-17-47)42(66)52-33(25-40(63)64)36(59)22-29(12-5-8-18-48)43(67)53-34(26-72)44(68)69/h27-29,32-34,72H,1-26,46-48H2,(H,50,60)(H,51,65)(H,52,66)(H,53,67)(H,61,62)(H,63,64)(H,68,69)(H2,49,70,71)/t27-,28-,29-,32+,33+,34+/m1/s1. The number of Topliss-reactive ketones (excluding diaryl/α,β-unsaturated/α-hetero) is 4. The number of hydrogen-bond donors (Lipinski definition) is 12. The van der Waals surface area contributed by atoms with Gasteiger partial charge in [0.05, 0.1) is 31.3 Å².